The first-order valence-corrected chi connectivity index (χ1v) is 10.6. The summed E-state index contributed by atoms with van der Waals surface area (Å²) in [5.74, 6) is 1.27. The summed E-state index contributed by atoms with van der Waals surface area (Å²) in [6.07, 6.45) is 3.57. The number of nitrogens with zero attached hydrogens (tertiary/aromatic N) is 4. The number of aryl methyl sites for hydroxylation is 2. The Kier molecular flexibility index (Phi) is 7.03. The van der Waals surface area contributed by atoms with Crippen molar-refractivity contribution in [1.29, 1.82) is 0 Å². The van der Waals surface area contributed by atoms with E-state index in [1.54, 1.807) is 24.6 Å². The second-order valence-corrected chi connectivity index (χ2v) is 8.48. The monoisotopic (exact) mass is 415 g/mol. The Bertz CT molecular complexity index is 879. The maximum Gasteiger partial charge on any atom is 0.222 e. The number of primary amides is 1. The van der Waals surface area contributed by atoms with Crippen molar-refractivity contribution in [2.75, 3.05) is 25.0 Å². The Balaban J connectivity index is 1.62. The van der Waals surface area contributed by atoms with Crippen LogP contribution in [0.3, 0.4) is 0 Å². The van der Waals surface area contributed by atoms with Gasteiger partial charge in [0.05, 0.1) is 23.2 Å². The topological polar surface area (TPSA) is 109 Å². The number of guanidine groups is 1. The van der Waals surface area contributed by atoms with Crippen LogP contribution in [-0.4, -0.2) is 42.0 Å². The quantitative estimate of drug-likeness (QED) is 0.490. The van der Waals surface area contributed by atoms with Crippen molar-refractivity contribution >= 4 is 29.0 Å². The number of piperidine rings is 1. The number of carbonyl (C=O) groups excluding carboxylic acids is 1. The summed E-state index contributed by atoms with van der Waals surface area (Å²) < 4.78 is 0. The van der Waals surface area contributed by atoms with Gasteiger partial charge >= 0.3 is 0 Å². The number of carbonyl (C=O) groups is 1. The number of pyridine rings is 1. The molecule has 1 aliphatic rings. The van der Waals surface area contributed by atoms with E-state index in [0.717, 1.165) is 47.4 Å². The van der Waals surface area contributed by atoms with Crippen molar-refractivity contribution in [3.63, 3.8) is 0 Å². The average Bonchev–Trinajstić information content (AvgIpc) is 3.05. The Morgan fingerprint density at radius 3 is 2.86 bits per heavy atom. The summed E-state index contributed by atoms with van der Waals surface area (Å²) in [5.41, 5.74) is 7.64. The highest BCUT2D eigenvalue weighted by Gasteiger charge is 2.26. The zero-order valence-corrected chi connectivity index (χ0v) is 18.1. The predicted octanol–water partition coefficient (Wildman–Crippen LogP) is 1.72. The molecule has 3 heterocycles. The van der Waals surface area contributed by atoms with Gasteiger partial charge in [-0.15, -0.1) is 11.3 Å². The van der Waals surface area contributed by atoms with Crippen LogP contribution in [0.4, 0.5) is 5.82 Å². The van der Waals surface area contributed by atoms with Crippen LogP contribution in [-0.2, 0) is 17.9 Å². The molecule has 1 aliphatic heterocycles. The lowest BCUT2D eigenvalue weighted by molar-refractivity contribution is -0.122. The minimum absolute atomic E-state index is 0.118. The van der Waals surface area contributed by atoms with Gasteiger partial charge in [0.1, 0.15) is 5.82 Å². The molecule has 1 saturated heterocycles. The number of thiazole rings is 1. The smallest absolute Gasteiger partial charge is 0.222 e. The Labute approximate surface area is 175 Å². The standard InChI is InChI=1S/C20H29N7OS/c1-13-17(29-14(2)26-13)11-25-20(22-3)24-10-15-6-4-8-23-19(15)27-9-5-7-16(12-27)18(21)28/h4,6,8,16H,5,7,9-12H2,1-3H3,(H2,21,28)(H2,22,24,25). The Morgan fingerprint density at radius 1 is 1.38 bits per heavy atom. The number of hydrogen-bond donors (Lipinski definition) is 3. The summed E-state index contributed by atoms with van der Waals surface area (Å²) in [4.78, 5) is 28.3. The highest BCUT2D eigenvalue weighted by molar-refractivity contribution is 7.11. The molecule has 0 radical (unpaired) electrons. The van der Waals surface area contributed by atoms with Crippen LogP contribution in [0.1, 0.15) is 34.0 Å². The van der Waals surface area contributed by atoms with Crippen LogP contribution in [0.5, 0.6) is 0 Å². The fourth-order valence-electron chi connectivity index (χ4n) is 3.56. The molecule has 0 bridgehead atoms. The van der Waals surface area contributed by atoms with Crippen molar-refractivity contribution < 1.29 is 4.79 Å². The first-order valence-electron chi connectivity index (χ1n) is 9.83. The second kappa shape index (κ2) is 9.69. The number of anilines is 1. The van der Waals surface area contributed by atoms with Gasteiger partial charge in [-0.1, -0.05) is 6.07 Å². The number of aliphatic imine (C=N–C) groups is 1. The molecule has 0 spiro atoms. The van der Waals surface area contributed by atoms with Crippen LogP contribution in [0.2, 0.25) is 0 Å². The number of amides is 1. The van der Waals surface area contributed by atoms with E-state index in [1.807, 2.05) is 26.0 Å². The molecule has 1 atom stereocenters. The first-order chi connectivity index (χ1) is 14.0. The number of hydrogen-bond acceptors (Lipinski definition) is 6. The molecule has 0 aliphatic carbocycles. The SMILES string of the molecule is CN=C(NCc1cccnc1N1CCCC(C(N)=O)C1)NCc1sc(C)nc1C. The zero-order chi connectivity index (χ0) is 20.8. The second-order valence-electron chi connectivity index (χ2n) is 7.19. The van der Waals surface area contributed by atoms with Crippen LogP contribution < -0.4 is 21.3 Å². The molecule has 156 valence electrons. The van der Waals surface area contributed by atoms with Crippen LogP contribution in [0, 0.1) is 19.8 Å². The van der Waals surface area contributed by atoms with Crippen LogP contribution >= 0.6 is 11.3 Å². The van der Waals surface area contributed by atoms with E-state index in [4.69, 9.17) is 5.73 Å². The van der Waals surface area contributed by atoms with E-state index < -0.39 is 0 Å². The van der Waals surface area contributed by atoms with E-state index in [0.29, 0.717) is 19.6 Å². The number of rotatable bonds is 6. The zero-order valence-electron chi connectivity index (χ0n) is 17.2. The minimum atomic E-state index is -0.233. The van der Waals surface area contributed by atoms with E-state index >= 15 is 0 Å². The molecular formula is C20H29N7OS. The summed E-state index contributed by atoms with van der Waals surface area (Å²) in [7, 11) is 1.76. The highest BCUT2D eigenvalue weighted by Crippen LogP contribution is 2.24. The molecule has 0 aromatic carbocycles. The first kappa shape index (κ1) is 21.0. The Hall–Kier alpha value is -2.68. The van der Waals surface area contributed by atoms with Crippen molar-refractivity contribution in [2.24, 2.45) is 16.6 Å². The molecular weight excluding hydrogens is 386 g/mol. The van der Waals surface area contributed by atoms with Crippen molar-refractivity contribution in [3.8, 4) is 0 Å². The van der Waals surface area contributed by atoms with E-state index in [2.05, 4.69) is 30.5 Å². The van der Waals surface area contributed by atoms with Crippen LogP contribution in [0.15, 0.2) is 23.3 Å². The number of nitrogens with two attached hydrogens (primary N) is 1. The lowest BCUT2D eigenvalue weighted by Gasteiger charge is -2.33. The average molecular weight is 416 g/mol. The van der Waals surface area contributed by atoms with Crippen LogP contribution in [0.25, 0.3) is 0 Å². The molecule has 2 aromatic rings. The normalized spacial score (nSPS) is 17.3. The van der Waals surface area contributed by atoms with Gasteiger partial charge in [0.15, 0.2) is 5.96 Å². The summed E-state index contributed by atoms with van der Waals surface area (Å²) in [6, 6.07) is 3.98. The van der Waals surface area contributed by atoms with Crippen molar-refractivity contribution in [2.45, 2.75) is 39.8 Å². The molecule has 8 nitrogen and oxygen atoms in total. The molecule has 1 unspecified atom stereocenters. The molecule has 1 fully saturated rings. The van der Waals surface area contributed by atoms with Crippen molar-refractivity contribution in [1.82, 2.24) is 20.6 Å². The van der Waals surface area contributed by atoms with Gasteiger partial charge in [-0.2, -0.15) is 0 Å². The predicted molar refractivity (Wildman–Crippen MR) is 117 cm³/mol. The van der Waals surface area contributed by atoms with Gasteiger partial charge in [0, 0.05) is 43.3 Å². The molecule has 1 amide bonds. The molecule has 9 heteroatoms. The van der Waals surface area contributed by atoms with Gasteiger partial charge in [-0.3, -0.25) is 9.79 Å². The van der Waals surface area contributed by atoms with Gasteiger partial charge < -0.3 is 21.3 Å². The fourth-order valence-corrected chi connectivity index (χ4v) is 4.43. The third-order valence-electron chi connectivity index (χ3n) is 5.08. The lowest BCUT2D eigenvalue weighted by Crippen LogP contribution is -2.42. The third kappa shape index (κ3) is 5.44. The van der Waals surface area contributed by atoms with Gasteiger partial charge in [-0.05, 0) is 32.8 Å². The fraction of sp³-hybridized carbons (Fsp3) is 0.500. The maximum atomic E-state index is 11.6. The summed E-state index contributed by atoms with van der Waals surface area (Å²) in [6.45, 7) is 6.81. The largest absolute Gasteiger partial charge is 0.369 e. The van der Waals surface area contributed by atoms with Gasteiger partial charge in [0.25, 0.3) is 0 Å². The summed E-state index contributed by atoms with van der Waals surface area (Å²) in [5, 5.41) is 7.77. The molecule has 29 heavy (non-hydrogen) atoms. The van der Waals surface area contributed by atoms with E-state index in [9.17, 15) is 4.79 Å². The maximum absolute atomic E-state index is 11.6. The third-order valence-corrected chi connectivity index (χ3v) is 6.15. The lowest BCUT2D eigenvalue weighted by atomic mass is 9.97. The van der Waals surface area contributed by atoms with E-state index in [1.165, 1.54) is 4.88 Å². The summed E-state index contributed by atoms with van der Waals surface area (Å²) >= 11 is 1.69. The molecule has 2 aromatic heterocycles. The van der Waals surface area contributed by atoms with Gasteiger partial charge in [0.2, 0.25) is 5.91 Å². The molecule has 4 N–H and O–H groups in total. The minimum Gasteiger partial charge on any atom is -0.369 e. The number of aromatic nitrogens is 2. The highest BCUT2D eigenvalue weighted by atomic mass is 32.1. The Morgan fingerprint density at radius 2 is 2.17 bits per heavy atom. The number of nitrogens with one attached hydrogen (secondary N) is 2. The van der Waals surface area contributed by atoms with E-state index in [-0.39, 0.29) is 11.8 Å². The van der Waals surface area contributed by atoms with Gasteiger partial charge in [-0.25, -0.2) is 9.97 Å². The van der Waals surface area contributed by atoms with Crippen molar-refractivity contribution in [3.05, 3.63) is 39.5 Å². The molecule has 3 rings (SSSR count). The molecule has 0 saturated carbocycles.